The van der Waals surface area contributed by atoms with Gasteiger partial charge >= 0.3 is 6.97 Å². The predicted molar refractivity (Wildman–Crippen MR) is 313 cm³/mol. The van der Waals surface area contributed by atoms with Crippen LogP contribution in [-0.4, -0.2) is 120 Å². The summed E-state index contributed by atoms with van der Waals surface area (Å²) in [5.74, 6) is -3.33. The molecule has 0 fully saturated rings. The van der Waals surface area contributed by atoms with Crippen LogP contribution in [-0.2, 0) is 35.7 Å². The molecule has 0 spiro atoms. The second kappa shape index (κ2) is 26.2. The number of ether oxygens (including phenoxy) is 2. The first-order valence-corrected chi connectivity index (χ1v) is 27.7. The summed E-state index contributed by atoms with van der Waals surface area (Å²) in [6.07, 6.45) is 7.68. The maximum absolute atomic E-state index is 16.1. The van der Waals surface area contributed by atoms with E-state index >= 15 is 8.63 Å². The number of phenolic OH excluding ortho intramolecular Hbond substituents is 1. The minimum atomic E-state index is -4.12. The first-order valence-electron chi connectivity index (χ1n) is 26.2. The molecule has 83 heavy (non-hydrogen) atoms. The zero-order valence-corrected chi connectivity index (χ0v) is 48.5. The van der Waals surface area contributed by atoms with E-state index in [0.29, 0.717) is 82.4 Å². The molecule has 2 aliphatic rings. The van der Waals surface area contributed by atoms with Gasteiger partial charge in [-0.25, -0.2) is 0 Å². The van der Waals surface area contributed by atoms with Crippen molar-refractivity contribution < 1.29 is 46.9 Å². The van der Waals surface area contributed by atoms with Gasteiger partial charge in [0.15, 0.2) is 5.70 Å². The van der Waals surface area contributed by atoms with Gasteiger partial charge in [-0.3, -0.25) is 39.1 Å². The fourth-order valence-electron chi connectivity index (χ4n) is 10.1. The Hall–Kier alpha value is -7.85. The third kappa shape index (κ3) is 13.8. The van der Waals surface area contributed by atoms with Crippen LogP contribution in [0.2, 0.25) is 20.1 Å². The number of hydrogen-bond donors (Lipinski definition) is 3. The first-order chi connectivity index (χ1) is 39.8. The van der Waals surface area contributed by atoms with Crippen LogP contribution >= 0.6 is 46.4 Å². The van der Waals surface area contributed by atoms with Crippen molar-refractivity contribution >= 4 is 88.3 Å². The molecule has 0 aliphatic carbocycles. The quantitative estimate of drug-likeness (QED) is 0.0431. The first kappa shape index (κ1) is 59.8. The highest BCUT2D eigenvalue weighted by atomic mass is 35.5. The van der Waals surface area contributed by atoms with Crippen LogP contribution < -0.4 is 10.6 Å². The summed E-state index contributed by atoms with van der Waals surface area (Å²) < 4.78 is 45.9. The summed E-state index contributed by atoms with van der Waals surface area (Å²) in [4.78, 5) is 77.1. The summed E-state index contributed by atoms with van der Waals surface area (Å²) in [6, 6.07) is 23.6. The van der Waals surface area contributed by atoms with Crippen molar-refractivity contribution in [3.05, 3.63) is 221 Å². The summed E-state index contributed by atoms with van der Waals surface area (Å²) in [5, 5.41) is 19.1. The normalized spacial score (nSPS) is 13.3. The predicted octanol–water partition coefficient (Wildman–Crippen LogP) is 10.3. The Balaban J connectivity index is 0.842. The van der Waals surface area contributed by atoms with Crippen molar-refractivity contribution in [3.8, 4) is 5.75 Å². The van der Waals surface area contributed by atoms with E-state index in [-0.39, 0.29) is 88.3 Å². The molecular formula is C59H55BCl4F2N10O7. The van der Waals surface area contributed by atoms with E-state index in [1.807, 2.05) is 13.8 Å². The van der Waals surface area contributed by atoms with Crippen molar-refractivity contribution in [1.82, 2.24) is 44.8 Å². The van der Waals surface area contributed by atoms with Crippen LogP contribution in [0.15, 0.2) is 133 Å². The Morgan fingerprint density at radius 1 is 0.602 bits per heavy atom. The van der Waals surface area contributed by atoms with Gasteiger partial charge in [0.1, 0.15) is 11.5 Å². The molecule has 7 aromatic rings. The SMILES string of the molecule is CC1=CC(C)=[N+]2C1=C(c1ccc(C(=O)NCCOCCOCCNC(=O)c3cc(C(=O)N(Cc4cc(Cl)ccn4)Cc4cc(Cl)ccn4)c(O)c(C(=O)N(Cc4cc(Cl)ccn4)Cc4cc(Cl)ccn4)c3)cc1)c1c(C)cc(C)n1[B-]2(F)F. The third-order valence-electron chi connectivity index (χ3n) is 13.7. The third-order valence-corrected chi connectivity index (χ3v) is 14.7. The van der Waals surface area contributed by atoms with Gasteiger partial charge in [0.05, 0.1) is 92.1 Å². The van der Waals surface area contributed by atoms with E-state index in [0.717, 1.165) is 20.1 Å². The van der Waals surface area contributed by atoms with Gasteiger partial charge < -0.3 is 52.6 Å². The molecule has 0 radical (unpaired) electrons. The Morgan fingerprint density at radius 3 is 1.45 bits per heavy atom. The molecule has 2 aromatic carbocycles. The Morgan fingerprint density at radius 2 is 1.02 bits per heavy atom. The summed E-state index contributed by atoms with van der Waals surface area (Å²) in [7, 11) is 0. The largest absolute Gasteiger partial charge is 0.737 e. The van der Waals surface area contributed by atoms with Crippen LogP contribution in [0.25, 0.3) is 5.57 Å². The minimum Gasteiger partial charge on any atom is -0.506 e. The molecule has 2 aliphatic heterocycles. The number of hydrogen-bond acceptors (Lipinski definition) is 11. The number of aryl methyl sites for hydroxylation is 2. The second-order valence-electron chi connectivity index (χ2n) is 19.8. The molecule has 4 amide bonds. The molecule has 7 heterocycles. The highest BCUT2D eigenvalue weighted by molar-refractivity contribution is 6.58. The summed E-state index contributed by atoms with van der Waals surface area (Å²) in [5.41, 5.74) is 5.72. The number of aromatic nitrogens is 5. The molecule has 5 aromatic heterocycles. The lowest BCUT2D eigenvalue weighted by molar-refractivity contribution is -0.363. The van der Waals surface area contributed by atoms with Gasteiger partial charge in [-0.15, -0.1) is 0 Å². The Labute approximate surface area is 497 Å². The van der Waals surface area contributed by atoms with E-state index in [1.54, 1.807) is 98.8 Å². The number of benzene rings is 2. The number of carbonyl (C=O) groups is 4. The molecule has 24 heteroatoms. The van der Waals surface area contributed by atoms with Crippen molar-refractivity contribution in [1.29, 1.82) is 0 Å². The molecule has 428 valence electrons. The van der Waals surface area contributed by atoms with Crippen molar-refractivity contribution in [2.45, 2.75) is 53.9 Å². The highest BCUT2D eigenvalue weighted by Gasteiger charge is 2.55. The number of carbonyl (C=O) groups excluding carboxylic acids is 4. The molecule has 0 unspecified atom stereocenters. The molecule has 0 atom stereocenters. The Kier molecular flexibility index (Phi) is 18.8. The summed E-state index contributed by atoms with van der Waals surface area (Å²) in [6.45, 7) is 3.05. The van der Waals surface area contributed by atoms with Crippen molar-refractivity contribution in [2.24, 2.45) is 0 Å². The van der Waals surface area contributed by atoms with E-state index in [2.05, 4.69) is 30.6 Å². The van der Waals surface area contributed by atoms with Crippen LogP contribution in [0.3, 0.4) is 0 Å². The average molecular weight is 1210 g/mol. The molecule has 3 N–H and O–H groups in total. The average Bonchev–Trinajstić information content (AvgIpc) is 1.96. The molecule has 9 rings (SSSR count). The van der Waals surface area contributed by atoms with Crippen molar-refractivity contribution in [3.63, 3.8) is 0 Å². The maximum Gasteiger partial charge on any atom is 0.737 e. The number of fused-ring (bicyclic) bond motifs is 2. The fraction of sp³-hybridized carbons (Fsp3) is 0.237. The van der Waals surface area contributed by atoms with E-state index in [4.69, 9.17) is 55.9 Å². The minimum absolute atomic E-state index is 0.00833. The van der Waals surface area contributed by atoms with Gasteiger partial charge in [0, 0.05) is 93.4 Å². The molecule has 0 saturated carbocycles. The molecule has 0 bridgehead atoms. The molecule has 0 saturated heterocycles. The summed E-state index contributed by atoms with van der Waals surface area (Å²) >= 11 is 25.2. The topological polar surface area (TPSA) is 197 Å². The van der Waals surface area contributed by atoms with Crippen LogP contribution in [0, 0.1) is 13.8 Å². The van der Waals surface area contributed by atoms with Gasteiger partial charge in [0.25, 0.3) is 23.6 Å². The van der Waals surface area contributed by atoms with E-state index in [1.165, 1.54) is 46.7 Å². The highest BCUT2D eigenvalue weighted by Crippen LogP contribution is 2.44. The second-order valence-corrected chi connectivity index (χ2v) is 21.5. The fourth-order valence-corrected chi connectivity index (χ4v) is 10.8. The van der Waals surface area contributed by atoms with Gasteiger partial charge in [-0.2, -0.15) is 0 Å². The van der Waals surface area contributed by atoms with E-state index in [9.17, 15) is 24.3 Å². The lowest BCUT2D eigenvalue weighted by Gasteiger charge is -2.34. The number of rotatable bonds is 22. The zero-order chi connectivity index (χ0) is 59.1. The number of nitrogens with one attached hydrogen (secondary N) is 2. The van der Waals surface area contributed by atoms with Gasteiger partial charge in [-0.05, 0) is 116 Å². The van der Waals surface area contributed by atoms with Crippen LogP contribution in [0.5, 0.6) is 5.75 Å². The van der Waals surface area contributed by atoms with Gasteiger partial charge in [0.2, 0.25) is 0 Å². The van der Waals surface area contributed by atoms with Crippen molar-refractivity contribution in [2.75, 3.05) is 39.5 Å². The number of pyridine rings is 4. The number of amides is 4. The number of phenols is 1. The number of allylic oxidation sites excluding steroid dienone is 2. The van der Waals surface area contributed by atoms with Gasteiger partial charge in [-0.1, -0.05) is 58.5 Å². The van der Waals surface area contributed by atoms with Crippen LogP contribution in [0.1, 0.15) is 101 Å². The lowest BCUT2D eigenvalue weighted by Crippen LogP contribution is -2.51. The smallest absolute Gasteiger partial charge is 0.506 e. The van der Waals surface area contributed by atoms with Crippen LogP contribution in [0.4, 0.5) is 8.63 Å². The number of nitrogens with zero attached hydrogens (tertiary/aromatic N) is 8. The maximum atomic E-state index is 16.1. The Bertz CT molecular complexity index is 3540. The molecular weight excluding hydrogens is 1150 g/mol. The zero-order valence-electron chi connectivity index (χ0n) is 45.4. The molecule has 17 nitrogen and oxygen atoms in total. The number of aromatic hydroxyl groups is 1. The monoisotopic (exact) mass is 1200 g/mol. The van der Waals surface area contributed by atoms with E-state index < -0.39 is 30.4 Å². The number of halogens is 6. The standard InChI is InChI=1S/C59H55BCl4F2N10O7/c1-35-23-37(3)75-53(35)52(54-36(2)24-38(4)76(54)60(75,65)66)39-5-7-40(8-6-39)56(78)71-17-19-82-21-22-83-20-18-72-57(79)41-25-50(58(80)73(31-46-27-42(61)9-13-67-46)32-47-28-43(62)10-14-68-47)55(77)51(26-41)59(81)74(33-48-29-44(63)11-15-69-48)34-49-30-45(64)12-16-70-49/h5-16,23-30,77H,17-22,31-34H2,1-4H3,(H,71,78)(H,72,79). The lowest BCUT2D eigenvalue weighted by atomic mass is 9.83.